The lowest BCUT2D eigenvalue weighted by Crippen LogP contribution is -2.49. The number of hydrogen-bond donors (Lipinski definition) is 4. The monoisotopic (exact) mass is 598 g/mol. The molecule has 3 amide bonds. The topological polar surface area (TPSA) is 109 Å². The summed E-state index contributed by atoms with van der Waals surface area (Å²) >= 11 is 11.8. The van der Waals surface area contributed by atoms with E-state index in [1.165, 1.54) is 0 Å². The van der Waals surface area contributed by atoms with Gasteiger partial charge in [0.25, 0.3) is 5.91 Å². The summed E-state index contributed by atoms with van der Waals surface area (Å²) in [6, 6.07) is 9.27. The molecular formula is C22H24Br2N4O4S. The molecule has 0 aromatic heterocycles. The van der Waals surface area contributed by atoms with Gasteiger partial charge < -0.3 is 10.1 Å². The normalized spacial score (nSPS) is 10.2. The Morgan fingerprint density at radius 2 is 1.58 bits per heavy atom. The second-order valence-electron chi connectivity index (χ2n) is 7.22. The van der Waals surface area contributed by atoms with Crippen molar-refractivity contribution in [2.75, 3.05) is 11.9 Å². The molecule has 0 aliphatic heterocycles. The highest BCUT2D eigenvalue weighted by molar-refractivity contribution is 9.11. The van der Waals surface area contributed by atoms with Crippen molar-refractivity contribution in [3.63, 3.8) is 0 Å². The molecule has 176 valence electrons. The number of nitrogens with one attached hydrogen (secondary N) is 4. The Morgan fingerprint density at radius 1 is 0.879 bits per heavy atom. The Morgan fingerprint density at radius 3 is 2.24 bits per heavy atom. The molecule has 8 nitrogen and oxygen atoms in total. The van der Waals surface area contributed by atoms with Crippen molar-refractivity contribution in [3.05, 3.63) is 56.0 Å². The Hall–Kier alpha value is -2.50. The van der Waals surface area contributed by atoms with Crippen molar-refractivity contribution < 1.29 is 19.1 Å². The lowest BCUT2D eigenvalue weighted by atomic mass is 10.1. The minimum atomic E-state index is -0.497. The van der Waals surface area contributed by atoms with Crippen molar-refractivity contribution in [1.29, 1.82) is 0 Å². The first-order chi connectivity index (χ1) is 15.5. The van der Waals surface area contributed by atoms with Crippen LogP contribution >= 0.6 is 44.1 Å². The number of anilines is 1. The number of halogens is 2. The highest BCUT2D eigenvalue weighted by Crippen LogP contribution is 2.32. The molecule has 0 heterocycles. The van der Waals surface area contributed by atoms with Gasteiger partial charge in [0.2, 0.25) is 11.8 Å². The summed E-state index contributed by atoms with van der Waals surface area (Å²) in [4.78, 5) is 36.0. The molecule has 0 aliphatic rings. The van der Waals surface area contributed by atoms with Crippen LogP contribution < -0.4 is 26.2 Å². The zero-order valence-corrected chi connectivity index (χ0v) is 22.3. The van der Waals surface area contributed by atoms with Gasteiger partial charge in [0.1, 0.15) is 5.75 Å². The summed E-state index contributed by atoms with van der Waals surface area (Å²) in [7, 11) is 0. The number of rotatable bonds is 7. The van der Waals surface area contributed by atoms with Gasteiger partial charge in [-0.05, 0) is 89.9 Å². The van der Waals surface area contributed by atoms with Crippen LogP contribution in [0, 0.1) is 20.8 Å². The fraction of sp³-hybridized carbons (Fsp3) is 0.273. The first-order valence-corrected chi connectivity index (χ1v) is 11.9. The van der Waals surface area contributed by atoms with E-state index in [2.05, 4.69) is 53.3 Å². The molecule has 2 aromatic rings. The van der Waals surface area contributed by atoms with E-state index >= 15 is 0 Å². The summed E-state index contributed by atoms with van der Waals surface area (Å²) < 4.78 is 7.13. The zero-order valence-electron chi connectivity index (χ0n) is 18.3. The van der Waals surface area contributed by atoms with Crippen LogP contribution in [0.4, 0.5) is 5.69 Å². The number of carbonyl (C=O) groups excluding carboxylic acids is 3. The third-order valence-corrected chi connectivity index (χ3v) is 5.73. The van der Waals surface area contributed by atoms with Gasteiger partial charge in [-0.2, -0.15) is 0 Å². The van der Waals surface area contributed by atoms with Crippen molar-refractivity contribution in [2.45, 2.75) is 33.6 Å². The Bertz CT molecular complexity index is 1060. The van der Waals surface area contributed by atoms with Gasteiger partial charge in [-0.3, -0.25) is 30.6 Å². The zero-order chi connectivity index (χ0) is 24.5. The molecule has 0 aliphatic carbocycles. The summed E-state index contributed by atoms with van der Waals surface area (Å²) in [5.74, 6) is -0.688. The van der Waals surface area contributed by atoms with Crippen LogP contribution in [0.3, 0.4) is 0 Å². The van der Waals surface area contributed by atoms with Crippen LogP contribution in [0.15, 0.2) is 39.3 Å². The quantitative estimate of drug-likeness (QED) is 0.283. The van der Waals surface area contributed by atoms with Crippen LogP contribution in [0.1, 0.15) is 29.5 Å². The van der Waals surface area contributed by atoms with Gasteiger partial charge in [0, 0.05) is 23.0 Å². The highest BCUT2D eigenvalue weighted by atomic mass is 79.9. The van der Waals surface area contributed by atoms with Crippen LogP contribution in [0.2, 0.25) is 0 Å². The maximum atomic E-state index is 12.0. The third-order valence-electron chi connectivity index (χ3n) is 4.48. The fourth-order valence-corrected chi connectivity index (χ4v) is 4.38. The van der Waals surface area contributed by atoms with E-state index in [9.17, 15) is 14.4 Å². The molecule has 0 spiro atoms. The summed E-state index contributed by atoms with van der Waals surface area (Å²) in [5, 5.41) is 5.06. The van der Waals surface area contributed by atoms with Gasteiger partial charge in [-0.1, -0.05) is 22.0 Å². The molecule has 0 bridgehead atoms. The molecule has 0 fully saturated rings. The minimum absolute atomic E-state index is 0.00514. The largest absolute Gasteiger partial charge is 0.482 e. The molecule has 0 saturated carbocycles. The van der Waals surface area contributed by atoms with E-state index in [0.717, 1.165) is 21.2 Å². The van der Waals surface area contributed by atoms with E-state index in [1.54, 1.807) is 0 Å². The first kappa shape index (κ1) is 26.7. The van der Waals surface area contributed by atoms with E-state index in [4.69, 9.17) is 17.0 Å². The fourth-order valence-electron chi connectivity index (χ4n) is 2.66. The van der Waals surface area contributed by atoms with Crippen molar-refractivity contribution in [2.24, 2.45) is 0 Å². The number of aryl methyl sites for hydroxylation is 3. The molecule has 0 unspecified atom stereocenters. The van der Waals surface area contributed by atoms with Crippen molar-refractivity contribution >= 4 is 72.6 Å². The number of amides is 3. The summed E-state index contributed by atoms with van der Waals surface area (Å²) in [6.45, 7) is 5.53. The lowest BCUT2D eigenvalue weighted by molar-refractivity contribution is -0.125. The van der Waals surface area contributed by atoms with Crippen LogP contribution in [0.5, 0.6) is 5.75 Å². The highest BCUT2D eigenvalue weighted by Gasteiger charge is 2.12. The Labute approximate surface area is 214 Å². The molecule has 33 heavy (non-hydrogen) atoms. The van der Waals surface area contributed by atoms with E-state index in [-0.39, 0.29) is 30.5 Å². The molecule has 2 rings (SSSR count). The van der Waals surface area contributed by atoms with Crippen molar-refractivity contribution in [1.82, 2.24) is 16.2 Å². The van der Waals surface area contributed by atoms with E-state index in [0.29, 0.717) is 15.9 Å². The number of carbonyl (C=O) groups is 3. The molecular weight excluding hydrogens is 576 g/mol. The van der Waals surface area contributed by atoms with Gasteiger partial charge in [-0.15, -0.1) is 0 Å². The average molecular weight is 600 g/mol. The summed E-state index contributed by atoms with van der Waals surface area (Å²) in [5.41, 5.74) is 8.49. The second kappa shape index (κ2) is 12.7. The smallest absolute Gasteiger partial charge is 0.264 e. The molecule has 0 radical (unpaired) electrons. The van der Waals surface area contributed by atoms with Crippen LogP contribution in [-0.2, 0) is 14.4 Å². The number of thiocarbonyl (C=S) groups is 1. The SMILES string of the molecule is Cc1ccc(NC(=O)CCC(=O)NNC(=S)NC(=O)COc2c(C)cc(Br)cc2Br)cc1C. The molecule has 11 heteroatoms. The van der Waals surface area contributed by atoms with Gasteiger partial charge in [-0.25, -0.2) is 0 Å². The number of hydrazine groups is 1. The number of ether oxygens (including phenoxy) is 1. The molecule has 0 saturated heterocycles. The van der Waals surface area contributed by atoms with E-state index in [1.807, 2.05) is 51.1 Å². The summed E-state index contributed by atoms with van der Waals surface area (Å²) in [6.07, 6.45) is -0.0605. The molecule has 0 atom stereocenters. The average Bonchev–Trinajstić information content (AvgIpc) is 2.72. The van der Waals surface area contributed by atoms with Crippen LogP contribution in [0.25, 0.3) is 0 Å². The molecule has 4 N–H and O–H groups in total. The third kappa shape index (κ3) is 9.10. The predicted octanol–water partition coefficient (Wildman–Crippen LogP) is 3.96. The second-order valence-corrected chi connectivity index (χ2v) is 9.40. The standard InChI is InChI=1S/C22H24Br2N4O4S/c1-12-4-5-16(9-13(12)2)25-18(29)6-7-19(30)27-28-22(33)26-20(31)11-32-21-14(3)8-15(23)10-17(21)24/h4-5,8-10H,6-7,11H2,1-3H3,(H,25,29)(H,27,30)(H2,26,28,31,33). The minimum Gasteiger partial charge on any atom is -0.482 e. The maximum Gasteiger partial charge on any atom is 0.264 e. The van der Waals surface area contributed by atoms with Gasteiger partial charge in [0.15, 0.2) is 11.7 Å². The lowest BCUT2D eigenvalue weighted by Gasteiger charge is -2.13. The van der Waals surface area contributed by atoms with Gasteiger partial charge in [0.05, 0.1) is 4.47 Å². The van der Waals surface area contributed by atoms with E-state index < -0.39 is 11.8 Å². The maximum absolute atomic E-state index is 12.0. The first-order valence-electron chi connectivity index (χ1n) is 9.89. The number of benzene rings is 2. The Kier molecular flexibility index (Phi) is 10.3. The predicted molar refractivity (Wildman–Crippen MR) is 138 cm³/mol. The van der Waals surface area contributed by atoms with Gasteiger partial charge >= 0.3 is 0 Å². The number of hydrogen-bond acceptors (Lipinski definition) is 5. The molecule has 2 aromatic carbocycles. The Balaban J connectivity index is 1.68. The van der Waals surface area contributed by atoms with Crippen molar-refractivity contribution in [3.8, 4) is 5.75 Å². The van der Waals surface area contributed by atoms with Crippen LogP contribution in [-0.4, -0.2) is 29.4 Å².